The van der Waals surface area contributed by atoms with Gasteiger partial charge in [0.1, 0.15) is 6.04 Å². The number of carboxylic acid groups (broad SMARTS) is 1. The summed E-state index contributed by atoms with van der Waals surface area (Å²) in [5, 5.41) is 9.32. The van der Waals surface area contributed by atoms with E-state index in [4.69, 9.17) is 18.1 Å². The molecule has 0 bridgehead atoms. The molecule has 156 valence electrons. The van der Waals surface area contributed by atoms with Crippen LogP contribution < -0.4 is 0 Å². The van der Waals surface area contributed by atoms with Crippen LogP contribution in [0.5, 0.6) is 0 Å². The molecule has 0 aliphatic carbocycles. The maximum atomic E-state index is 12.6. The molecule has 11 heteroatoms. The average Bonchev–Trinajstić information content (AvgIpc) is 2.55. The van der Waals surface area contributed by atoms with E-state index in [0.717, 1.165) is 0 Å². The summed E-state index contributed by atoms with van der Waals surface area (Å²) in [5.41, 5.74) is 0. The normalized spacial score (nSPS) is 13.9. The lowest BCUT2D eigenvalue weighted by Gasteiger charge is -2.29. The van der Waals surface area contributed by atoms with Gasteiger partial charge in [0, 0.05) is 13.1 Å². The topological polar surface area (TPSA) is 112 Å². The minimum absolute atomic E-state index is 0.0415. The van der Waals surface area contributed by atoms with Crippen molar-refractivity contribution in [2.45, 2.75) is 40.7 Å². The van der Waals surface area contributed by atoms with E-state index in [9.17, 15) is 19.0 Å². The van der Waals surface area contributed by atoms with Crippen LogP contribution in [0.2, 0.25) is 0 Å². The molecule has 0 saturated carbocycles. The molecule has 0 saturated heterocycles. The molecule has 0 radical (unpaired) electrons. The minimum Gasteiger partial charge on any atom is -0.480 e. The van der Waals surface area contributed by atoms with E-state index in [1.165, 1.54) is 6.92 Å². The summed E-state index contributed by atoms with van der Waals surface area (Å²) >= 11 is 0. The fraction of sp³-hybridized carbons (Fsp3) is 0.933. The van der Waals surface area contributed by atoms with Gasteiger partial charge in [-0.25, -0.2) is 0 Å². The highest BCUT2D eigenvalue weighted by Gasteiger charge is 2.31. The van der Waals surface area contributed by atoms with Crippen LogP contribution in [0.3, 0.4) is 0 Å². The smallest absolute Gasteiger partial charge is 0.331 e. The Hall–Kier alpha value is -0.270. The number of hydrogen-bond acceptors (Lipinski definition) is 8. The van der Waals surface area contributed by atoms with Crippen LogP contribution in [0, 0.1) is 0 Å². The van der Waals surface area contributed by atoms with Gasteiger partial charge in [0.05, 0.1) is 38.8 Å². The van der Waals surface area contributed by atoms with Crippen LogP contribution in [0.4, 0.5) is 0 Å². The molecule has 1 N–H and O–H groups in total. The van der Waals surface area contributed by atoms with Crippen LogP contribution >= 0.6 is 15.2 Å². The number of carbonyl (C=O) groups is 1. The molecule has 0 fully saturated rings. The fourth-order valence-corrected chi connectivity index (χ4v) is 5.52. The van der Waals surface area contributed by atoms with Crippen molar-refractivity contribution in [1.29, 1.82) is 0 Å². The van der Waals surface area contributed by atoms with E-state index in [0.29, 0.717) is 0 Å². The van der Waals surface area contributed by atoms with Crippen LogP contribution in [-0.4, -0.2) is 73.9 Å². The molecule has 26 heavy (non-hydrogen) atoms. The third-order valence-corrected chi connectivity index (χ3v) is 7.63. The Morgan fingerprint density at radius 3 is 1.38 bits per heavy atom. The van der Waals surface area contributed by atoms with E-state index < -0.39 is 27.2 Å². The molecule has 9 nitrogen and oxygen atoms in total. The molecular weight excluding hydrogens is 384 g/mol. The van der Waals surface area contributed by atoms with Gasteiger partial charge in [-0.05, 0) is 34.6 Å². The summed E-state index contributed by atoms with van der Waals surface area (Å²) < 4.78 is 46.1. The lowest BCUT2D eigenvalue weighted by atomic mass is 10.3. The van der Waals surface area contributed by atoms with E-state index in [2.05, 4.69) is 0 Å². The van der Waals surface area contributed by atoms with Crippen molar-refractivity contribution < 1.29 is 37.1 Å². The van der Waals surface area contributed by atoms with Crippen molar-refractivity contribution in [3.63, 3.8) is 0 Å². The second-order valence-electron chi connectivity index (χ2n) is 5.39. The highest BCUT2D eigenvalue weighted by Crippen LogP contribution is 2.49. The summed E-state index contributed by atoms with van der Waals surface area (Å²) in [7, 11) is -6.60. The average molecular weight is 417 g/mol. The van der Waals surface area contributed by atoms with Crippen molar-refractivity contribution in [2.75, 3.05) is 51.8 Å². The molecule has 0 heterocycles. The number of rotatable bonds is 16. The molecule has 0 amide bonds. The Morgan fingerprint density at radius 1 is 0.846 bits per heavy atom. The highest BCUT2D eigenvalue weighted by molar-refractivity contribution is 7.54. The largest absolute Gasteiger partial charge is 0.480 e. The standard InChI is InChI=1S/C15H33NO8P2/c1-6-21-25(19,22-7-2)12-10-16(14(5)15(17)18)11-13-26(20,23-8-3)24-9-4/h14H,6-13H2,1-5H3,(H,17,18)/t14-/m0/s1. The Labute approximate surface area is 156 Å². The van der Waals surface area contributed by atoms with Crippen LogP contribution in [-0.2, 0) is 32.0 Å². The zero-order valence-corrected chi connectivity index (χ0v) is 18.2. The predicted octanol–water partition coefficient (Wildman–Crippen LogP) is 3.29. The quantitative estimate of drug-likeness (QED) is 0.378. The summed E-state index contributed by atoms with van der Waals surface area (Å²) in [6, 6.07) is -0.858. The van der Waals surface area contributed by atoms with Crippen molar-refractivity contribution >= 4 is 21.2 Å². The van der Waals surface area contributed by atoms with Gasteiger partial charge in [0.2, 0.25) is 0 Å². The van der Waals surface area contributed by atoms with Crippen molar-refractivity contribution in [1.82, 2.24) is 4.90 Å². The molecule has 1 atom stereocenters. The van der Waals surface area contributed by atoms with E-state index in [1.54, 1.807) is 32.6 Å². The maximum absolute atomic E-state index is 12.6. The van der Waals surface area contributed by atoms with Gasteiger partial charge in [0.25, 0.3) is 0 Å². The first-order valence-electron chi connectivity index (χ1n) is 8.90. The summed E-state index contributed by atoms with van der Waals surface area (Å²) in [6.45, 7) is 9.60. The van der Waals surface area contributed by atoms with E-state index in [-0.39, 0.29) is 51.8 Å². The van der Waals surface area contributed by atoms with Crippen molar-refractivity contribution in [2.24, 2.45) is 0 Å². The molecule has 0 aromatic heterocycles. The summed E-state index contributed by atoms with van der Waals surface area (Å²) in [4.78, 5) is 13.0. The van der Waals surface area contributed by atoms with Gasteiger partial charge >= 0.3 is 21.2 Å². The lowest BCUT2D eigenvalue weighted by Crippen LogP contribution is -2.42. The number of nitrogens with zero attached hydrogens (tertiary/aromatic N) is 1. The molecule has 0 spiro atoms. The lowest BCUT2D eigenvalue weighted by molar-refractivity contribution is -0.142. The summed E-state index contributed by atoms with van der Waals surface area (Å²) in [5.74, 6) is -1.03. The molecule has 0 unspecified atom stereocenters. The zero-order valence-electron chi connectivity index (χ0n) is 16.4. The molecule has 0 aromatic carbocycles. The molecule has 0 aliphatic rings. The van der Waals surface area contributed by atoms with Crippen molar-refractivity contribution in [3.8, 4) is 0 Å². The Balaban J connectivity index is 5.09. The number of carboxylic acids is 1. The van der Waals surface area contributed by atoms with Gasteiger partial charge in [-0.1, -0.05) is 0 Å². The molecule has 0 aliphatic heterocycles. The second kappa shape index (κ2) is 13.0. The Bertz CT molecular complexity index is 448. The van der Waals surface area contributed by atoms with Crippen LogP contribution in [0.1, 0.15) is 34.6 Å². The predicted molar refractivity (Wildman–Crippen MR) is 100 cm³/mol. The third-order valence-electron chi connectivity index (χ3n) is 3.53. The van der Waals surface area contributed by atoms with E-state index in [1.807, 2.05) is 0 Å². The van der Waals surface area contributed by atoms with Gasteiger partial charge in [-0.15, -0.1) is 0 Å². The Morgan fingerprint density at radius 2 is 1.15 bits per heavy atom. The van der Waals surface area contributed by atoms with Gasteiger partial charge in [-0.2, -0.15) is 0 Å². The fourth-order valence-electron chi connectivity index (χ4n) is 2.28. The van der Waals surface area contributed by atoms with Gasteiger partial charge in [0.15, 0.2) is 0 Å². The van der Waals surface area contributed by atoms with Crippen molar-refractivity contribution in [3.05, 3.63) is 0 Å². The molecule has 0 aromatic rings. The number of hydrogen-bond donors (Lipinski definition) is 1. The highest BCUT2D eigenvalue weighted by atomic mass is 31.2. The first-order valence-corrected chi connectivity index (χ1v) is 12.4. The first-order chi connectivity index (χ1) is 12.2. The second-order valence-corrected chi connectivity index (χ2v) is 9.76. The number of aliphatic carboxylic acids is 1. The monoisotopic (exact) mass is 417 g/mol. The molecule has 0 rings (SSSR count). The maximum Gasteiger partial charge on any atom is 0.331 e. The van der Waals surface area contributed by atoms with Crippen LogP contribution in [0.15, 0.2) is 0 Å². The van der Waals surface area contributed by atoms with E-state index >= 15 is 0 Å². The SMILES string of the molecule is CCOP(=O)(CCN(CCP(=O)(OCC)OCC)[C@@H](C)C(=O)O)OCC. The van der Waals surface area contributed by atoms with Gasteiger partial charge in [-0.3, -0.25) is 18.8 Å². The summed E-state index contributed by atoms with van der Waals surface area (Å²) in [6.07, 6.45) is 0.0831. The Kier molecular flexibility index (Phi) is 12.9. The van der Waals surface area contributed by atoms with Crippen LogP contribution in [0.25, 0.3) is 0 Å². The molecular formula is C15H33NO8P2. The third kappa shape index (κ3) is 9.60. The first kappa shape index (κ1) is 25.7. The zero-order chi connectivity index (χ0) is 20.2. The van der Waals surface area contributed by atoms with Gasteiger partial charge < -0.3 is 23.2 Å². The minimum atomic E-state index is -3.30.